The molecule has 106 valence electrons. The Balaban J connectivity index is 0.00000200. The van der Waals surface area contributed by atoms with Crippen LogP contribution >= 0.6 is 0 Å². The number of hydrogen-bond donors (Lipinski definition) is 0. The van der Waals surface area contributed by atoms with E-state index in [1.807, 2.05) is 0 Å². The van der Waals surface area contributed by atoms with Gasteiger partial charge >= 0.3 is 0 Å². The Labute approximate surface area is 123 Å². The molecule has 20 heavy (non-hydrogen) atoms. The minimum atomic E-state index is 0. The van der Waals surface area contributed by atoms with E-state index in [0.717, 1.165) is 13.1 Å². The maximum absolute atomic E-state index is 2.33. The highest BCUT2D eigenvalue weighted by molar-refractivity contribution is 5.79. The van der Waals surface area contributed by atoms with E-state index in [1.165, 1.54) is 16.7 Å². The van der Waals surface area contributed by atoms with Gasteiger partial charge in [-0.2, -0.15) is 0 Å². The van der Waals surface area contributed by atoms with E-state index in [9.17, 15) is 0 Å². The molecule has 0 amide bonds. The van der Waals surface area contributed by atoms with Gasteiger partial charge in [-0.1, -0.05) is 68.1 Å². The lowest BCUT2D eigenvalue weighted by Crippen LogP contribution is -2.16. The molecular weight excluding hydrogens is 242 g/mol. The minimum Gasteiger partial charge on any atom is -0.377 e. The molecule has 2 aromatic carbocycles. The van der Waals surface area contributed by atoms with Crippen molar-refractivity contribution < 1.29 is 0 Å². The number of benzene rings is 2. The SMILES string of the molecule is C.CCN(C=C(c1ccccc1)c1ccccc1)CC. The predicted octanol–water partition coefficient (Wildman–Crippen LogP) is 5.05. The lowest BCUT2D eigenvalue weighted by molar-refractivity contribution is 0.420. The van der Waals surface area contributed by atoms with E-state index in [0.29, 0.717) is 0 Å². The van der Waals surface area contributed by atoms with Crippen molar-refractivity contribution in [3.63, 3.8) is 0 Å². The van der Waals surface area contributed by atoms with Crippen molar-refractivity contribution in [1.82, 2.24) is 4.90 Å². The Bertz CT molecular complexity index is 468. The monoisotopic (exact) mass is 267 g/mol. The molecule has 0 N–H and O–H groups in total. The first kappa shape index (κ1) is 16.0. The molecule has 0 unspecified atom stereocenters. The van der Waals surface area contributed by atoms with Crippen LogP contribution in [0.2, 0.25) is 0 Å². The van der Waals surface area contributed by atoms with Crippen LogP contribution in [0.3, 0.4) is 0 Å². The van der Waals surface area contributed by atoms with Crippen LogP contribution in [-0.4, -0.2) is 18.0 Å². The third-order valence-corrected chi connectivity index (χ3v) is 3.29. The van der Waals surface area contributed by atoms with Gasteiger partial charge < -0.3 is 4.90 Å². The first-order valence-corrected chi connectivity index (χ1v) is 6.91. The van der Waals surface area contributed by atoms with Gasteiger partial charge in [0, 0.05) is 24.9 Å². The van der Waals surface area contributed by atoms with Gasteiger partial charge in [-0.3, -0.25) is 0 Å². The predicted molar refractivity (Wildman–Crippen MR) is 89.6 cm³/mol. The molecule has 0 aliphatic heterocycles. The van der Waals surface area contributed by atoms with Crippen molar-refractivity contribution in [3.05, 3.63) is 78.0 Å². The second-order valence-corrected chi connectivity index (χ2v) is 4.50. The zero-order chi connectivity index (χ0) is 13.5. The molecule has 0 fully saturated rings. The molecule has 0 heterocycles. The van der Waals surface area contributed by atoms with E-state index >= 15 is 0 Å². The minimum absolute atomic E-state index is 0. The van der Waals surface area contributed by atoms with Gasteiger partial charge in [0.15, 0.2) is 0 Å². The Morgan fingerprint density at radius 1 is 0.800 bits per heavy atom. The topological polar surface area (TPSA) is 3.24 Å². The summed E-state index contributed by atoms with van der Waals surface area (Å²) in [6, 6.07) is 21.2. The average Bonchev–Trinajstić information content (AvgIpc) is 2.50. The second kappa shape index (κ2) is 8.21. The quantitative estimate of drug-likeness (QED) is 0.732. The highest BCUT2D eigenvalue weighted by atomic mass is 15.1. The molecule has 2 rings (SSSR count). The van der Waals surface area contributed by atoms with E-state index < -0.39 is 0 Å². The molecule has 0 saturated heterocycles. The molecule has 0 bridgehead atoms. The Morgan fingerprint density at radius 2 is 1.20 bits per heavy atom. The highest BCUT2D eigenvalue weighted by Crippen LogP contribution is 2.23. The third-order valence-electron chi connectivity index (χ3n) is 3.29. The molecule has 0 aliphatic carbocycles. The largest absolute Gasteiger partial charge is 0.377 e. The van der Waals surface area contributed by atoms with Crippen LogP contribution in [0.1, 0.15) is 32.4 Å². The smallest absolute Gasteiger partial charge is 0.0144 e. The van der Waals surface area contributed by atoms with E-state index in [1.54, 1.807) is 0 Å². The van der Waals surface area contributed by atoms with Crippen molar-refractivity contribution in [1.29, 1.82) is 0 Å². The fourth-order valence-corrected chi connectivity index (χ4v) is 2.14. The van der Waals surface area contributed by atoms with Gasteiger partial charge in [-0.05, 0) is 25.0 Å². The molecule has 0 radical (unpaired) electrons. The molecular formula is C19H25N. The van der Waals surface area contributed by atoms with Gasteiger partial charge in [-0.25, -0.2) is 0 Å². The van der Waals surface area contributed by atoms with Crippen molar-refractivity contribution in [2.75, 3.05) is 13.1 Å². The van der Waals surface area contributed by atoms with Crippen LogP contribution in [0.25, 0.3) is 5.57 Å². The summed E-state index contributed by atoms with van der Waals surface area (Å²) in [7, 11) is 0. The molecule has 1 heteroatoms. The molecule has 0 aromatic heterocycles. The summed E-state index contributed by atoms with van der Waals surface area (Å²) in [6.45, 7) is 6.43. The van der Waals surface area contributed by atoms with E-state index in [4.69, 9.17) is 0 Å². The van der Waals surface area contributed by atoms with Crippen molar-refractivity contribution in [2.24, 2.45) is 0 Å². The standard InChI is InChI=1S/C18H21N.CH4/c1-3-19(4-2)15-18(16-11-7-5-8-12-16)17-13-9-6-10-14-17;/h5-15H,3-4H2,1-2H3;1H4. The lowest BCUT2D eigenvalue weighted by Gasteiger charge is -2.19. The molecule has 0 saturated carbocycles. The number of rotatable bonds is 5. The van der Waals surface area contributed by atoms with E-state index in [2.05, 4.69) is 85.6 Å². The van der Waals surface area contributed by atoms with Crippen molar-refractivity contribution in [2.45, 2.75) is 21.3 Å². The fourth-order valence-electron chi connectivity index (χ4n) is 2.14. The zero-order valence-corrected chi connectivity index (χ0v) is 11.7. The van der Waals surface area contributed by atoms with Gasteiger partial charge in [0.25, 0.3) is 0 Å². The molecule has 0 atom stereocenters. The molecule has 0 aliphatic rings. The summed E-state index contributed by atoms with van der Waals surface area (Å²) >= 11 is 0. The summed E-state index contributed by atoms with van der Waals surface area (Å²) in [5, 5.41) is 0. The Morgan fingerprint density at radius 3 is 1.55 bits per heavy atom. The van der Waals surface area contributed by atoms with Crippen LogP contribution in [0.5, 0.6) is 0 Å². The summed E-state index contributed by atoms with van der Waals surface area (Å²) in [5.74, 6) is 0. The Kier molecular flexibility index (Phi) is 6.58. The van der Waals surface area contributed by atoms with Crippen LogP contribution in [0, 0.1) is 0 Å². The normalized spacial score (nSPS) is 9.50. The lowest BCUT2D eigenvalue weighted by atomic mass is 9.99. The van der Waals surface area contributed by atoms with Crippen molar-refractivity contribution >= 4 is 5.57 Å². The number of hydrogen-bond acceptors (Lipinski definition) is 1. The van der Waals surface area contributed by atoms with Crippen LogP contribution in [-0.2, 0) is 0 Å². The van der Waals surface area contributed by atoms with Gasteiger partial charge in [0.05, 0.1) is 0 Å². The third kappa shape index (κ3) is 3.99. The number of nitrogens with zero attached hydrogens (tertiary/aromatic N) is 1. The van der Waals surface area contributed by atoms with Crippen LogP contribution in [0.15, 0.2) is 66.9 Å². The summed E-state index contributed by atoms with van der Waals surface area (Å²) < 4.78 is 0. The van der Waals surface area contributed by atoms with Crippen LogP contribution in [0.4, 0.5) is 0 Å². The summed E-state index contributed by atoms with van der Waals surface area (Å²) in [5.41, 5.74) is 3.81. The maximum atomic E-state index is 2.33. The van der Waals surface area contributed by atoms with E-state index in [-0.39, 0.29) is 7.43 Å². The fraction of sp³-hybridized carbons (Fsp3) is 0.263. The van der Waals surface area contributed by atoms with Gasteiger partial charge in [0.1, 0.15) is 0 Å². The first-order chi connectivity index (χ1) is 9.35. The highest BCUT2D eigenvalue weighted by Gasteiger charge is 2.05. The maximum Gasteiger partial charge on any atom is 0.0144 e. The van der Waals surface area contributed by atoms with Gasteiger partial charge in [0.2, 0.25) is 0 Å². The first-order valence-electron chi connectivity index (χ1n) is 6.91. The second-order valence-electron chi connectivity index (χ2n) is 4.50. The van der Waals surface area contributed by atoms with Gasteiger partial charge in [-0.15, -0.1) is 0 Å². The van der Waals surface area contributed by atoms with Crippen molar-refractivity contribution in [3.8, 4) is 0 Å². The zero-order valence-electron chi connectivity index (χ0n) is 11.7. The molecule has 2 aromatic rings. The summed E-state index contributed by atoms with van der Waals surface area (Å²) in [4.78, 5) is 2.33. The summed E-state index contributed by atoms with van der Waals surface area (Å²) in [6.07, 6.45) is 2.27. The Hall–Kier alpha value is -2.02. The average molecular weight is 267 g/mol. The molecule has 0 spiro atoms. The molecule has 1 nitrogen and oxygen atoms in total. The van der Waals surface area contributed by atoms with Crippen LogP contribution < -0.4 is 0 Å².